The van der Waals surface area contributed by atoms with Crippen LogP contribution in [-0.4, -0.2) is 81.2 Å². The van der Waals surface area contributed by atoms with E-state index in [-0.39, 0.29) is 53.9 Å². The van der Waals surface area contributed by atoms with Crippen molar-refractivity contribution in [1.29, 1.82) is 0 Å². The van der Waals surface area contributed by atoms with Crippen molar-refractivity contribution in [1.82, 2.24) is 16.0 Å². The number of rotatable bonds is 21. The molecule has 0 aliphatic rings. The van der Waals surface area contributed by atoms with Gasteiger partial charge in [0.2, 0.25) is 11.7 Å². The van der Waals surface area contributed by atoms with Crippen LogP contribution in [0.15, 0.2) is 84.9 Å². The predicted octanol–water partition coefficient (Wildman–Crippen LogP) is 8.24. The monoisotopic (exact) mass is 906 g/mol. The number of nitrogens with one attached hydrogen (secondary N) is 3. The molecule has 19 heteroatoms. The summed E-state index contributed by atoms with van der Waals surface area (Å²) in [5, 5.41) is 29.6. The Morgan fingerprint density at radius 1 is 0.812 bits per heavy atom. The van der Waals surface area contributed by atoms with Gasteiger partial charge in [0.15, 0.2) is 17.5 Å². The van der Waals surface area contributed by atoms with Gasteiger partial charge in [-0.25, -0.2) is 14.4 Å². The summed E-state index contributed by atoms with van der Waals surface area (Å²) in [6.07, 6.45) is -2.07. The molecule has 0 spiro atoms. The molecule has 344 valence electrons. The highest BCUT2D eigenvalue weighted by atomic mass is 28.3. The number of amides is 3. The number of hydrogen-bond donors (Lipinski definition) is 4. The molecular weight excluding hydrogens is 852 g/mol. The summed E-state index contributed by atoms with van der Waals surface area (Å²) >= 11 is 0. The van der Waals surface area contributed by atoms with Gasteiger partial charge in [-0.05, 0) is 79.4 Å². The SMILES string of the molecule is COc1cc(Oc2cc([C@H](COCc3ccccc3)NC(=O)OC(C)(C)C)ccc2OC)cc([C@H](NC(=O)[C@@H](Cc2ccc(F)c([N+](=O)[O-])c2)NC(=O)OCC[Si](C)(C)C)C(=O)O)c1. The highest BCUT2D eigenvalue weighted by molar-refractivity contribution is 6.76. The van der Waals surface area contributed by atoms with Crippen molar-refractivity contribution in [2.24, 2.45) is 0 Å². The number of carboxylic acid groups (broad SMARTS) is 1. The zero-order chi connectivity index (χ0) is 47.2. The Balaban J connectivity index is 1.65. The normalized spacial score (nSPS) is 12.8. The van der Waals surface area contributed by atoms with Gasteiger partial charge in [0.05, 0.1) is 45.0 Å². The molecule has 4 aromatic rings. The number of benzene rings is 4. The third-order valence-electron chi connectivity index (χ3n) is 9.25. The lowest BCUT2D eigenvalue weighted by molar-refractivity contribution is -0.387. The summed E-state index contributed by atoms with van der Waals surface area (Å²) in [5.74, 6) is -3.00. The van der Waals surface area contributed by atoms with Gasteiger partial charge in [0, 0.05) is 26.6 Å². The molecule has 0 heterocycles. The first-order valence-electron chi connectivity index (χ1n) is 20.2. The molecule has 0 unspecified atom stereocenters. The van der Waals surface area contributed by atoms with Crippen LogP contribution in [0.3, 0.4) is 0 Å². The van der Waals surface area contributed by atoms with Crippen LogP contribution in [0.2, 0.25) is 25.7 Å². The minimum atomic E-state index is -1.77. The predicted molar refractivity (Wildman–Crippen MR) is 236 cm³/mol. The number of carbonyl (C=O) groups is 4. The number of hydrogen-bond acceptors (Lipinski definition) is 12. The molecule has 3 atom stereocenters. The molecule has 0 aliphatic carbocycles. The zero-order valence-electron chi connectivity index (χ0n) is 37.0. The highest BCUT2D eigenvalue weighted by Gasteiger charge is 2.31. The Morgan fingerprint density at radius 2 is 1.52 bits per heavy atom. The second kappa shape index (κ2) is 22.6. The quantitative estimate of drug-likeness (QED) is 0.0352. The lowest BCUT2D eigenvalue weighted by atomic mass is 10.0. The van der Waals surface area contributed by atoms with E-state index in [1.807, 2.05) is 30.3 Å². The molecule has 17 nitrogen and oxygen atoms in total. The summed E-state index contributed by atoms with van der Waals surface area (Å²) in [6, 6.07) is 18.2. The molecule has 0 saturated carbocycles. The first kappa shape index (κ1) is 49.9. The second-order valence-corrected chi connectivity index (χ2v) is 22.4. The number of nitro benzene ring substituents is 1. The van der Waals surface area contributed by atoms with Crippen LogP contribution in [0.1, 0.15) is 55.1 Å². The van der Waals surface area contributed by atoms with Gasteiger partial charge >= 0.3 is 23.8 Å². The molecule has 0 saturated heterocycles. The Labute approximate surface area is 371 Å². The molecule has 0 fully saturated rings. The summed E-state index contributed by atoms with van der Waals surface area (Å²) in [7, 11) is 1.14. The number of methoxy groups -OCH3 is 2. The molecule has 0 bridgehead atoms. The Kier molecular flexibility index (Phi) is 17.6. The van der Waals surface area contributed by atoms with Gasteiger partial charge in [-0.15, -0.1) is 0 Å². The van der Waals surface area contributed by atoms with E-state index in [9.17, 15) is 38.8 Å². The van der Waals surface area contributed by atoms with E-state index < -0.39 is 78.7 Å². The van der Waals surface area contributed by atoms with Crippen LogP contribution in [0.25, 0.3) is 0 Å². The van der Waals surface area contributed by atoms with Crippen molar-refractivity contribution in [2.75, 3.05) is 27.4 Å². The number of carbonyl (C=O) groups excluding carboxylic acids is 3. The van der Waals surface area contributed by atoms with Crippen LogP contribution in [0, 0.1) is 15.9 Å². The maximum absolute atomic E-state index is 14.2. The number of ether oxygens (including phenoxy) is 6. The molecule has 0 aromatic heterocycles. The third kappa shape index (κ3) is 15.9. The fourth-order valence-corrected chi connectivity index (χ4v) is 6.74. The van der Waals surface area contributed by atoms with Crippen molar-refractivity contribution in [3.63, 3.8) is 0 Å². The average Bonchev–Trinajstić information content (AvgIpc) is 3.21. The van der Waals surface area contributed by atoms with Gasteiger partial charge < -0.3 is 49.5 Å². The highest BCUT2D eigenvalue weighted by Crippen LogP contribution is 2.37. The Bertz CT molecular complexity index is 2270. The molecule has 4 rings (SSSR count). The lowest BCUT2D eigenvalue weighted by Gasteiger charge is -2.25. The minimum absolute atomic E-state index is 0.0158. The maximum Gasteiger partial charge on any atom is 0.408 e. The number of alkyl carbamates (subject to hydrolysis) is 2. The lowest BCUT2D eigenvalue weighted by Crippen LogP contribution is -2.50. The van der Waals surface area contributed by atoms with Gasteiger partial charge in [0.1, 0.15) is 23.1 Å². The minimum Gasteiger partial charge on any atom is -0.497 e. The van der Waals surface area contributed by atoms with Gasteiger partial charge in [-0.2, -0.15) is 4.39 Å². The maximum atomic E-state index is 14.2. The number of aliphatic carboxylic acids is 1. The first-order chi connectivity index (χ1) is 30.1. The fraction of sp³-hybridized carbons (Fsp3) is 0.378. The smallest absolute Gasteiger partial charge is 0.408 e. The number of nitro groups is 1. The van der Waals surface area contributed by atoms with Crippen molar-refractivity contribution < 1.29 is 62.0 Å². The summed E-state index contributed by atoms with van der Waals surface area (Å²) < 4.78 is 48.4. The topological polar surface area (TPSA) is 223 Å². The summed E-state index contributed by atoms with van der Waals surface area (Å²) in [5.41, 5.74) is -0.0939. The molecule has 3 amide bonds. The van der Waals surface area contributed by atoms with E-state index >= 15 is 0 Å². The van der Waals surface area contributed by atoms with Crippen LogP contribution in [-0.2, 0) is 36.8 Å². The first-order valence-corrected chi connectivity index (χ1v) is 23.9. The van der Waals surface area contributed by atoms with Crippen molar-refractivity contribution in [3.8, 4) is 23.0 Å². The Hall–Kier alpha value is -6.73. The van der Waals surface area contributed by atoms with Crippen LogP contribution < -0.4 is 30.2 Å². The average molecular weight is 907 g/mol. The van der Waals surface area contributed by atoms with Crippen LogP contribution in [0.5, 0.6) is 23.0 Å². The van der Waals surface area contributed by atoms with Gasteiger partial charge in [-0.3, -0.25) is 14.9 Å². The van der Waals surface area contributed by atoms with E-state index in [2.05, 4.69) is 35.6 Å². The summed E-state index contributed by atoms with van der Waals surface area (Å²) in [4.78, 5) is 63.3. The molecule has 4 aromatic carbocycles. The molecule has 0 radical (unpaired) electrons. The van der Waals surface area contributed by atoms with Gasteiger partial charge in [0.25, 0.3) is 0 Å². The van der Waals surface area contributed by atoms with Crippen LogP contribution in [0.4, 0.5) is 19.7 Å². The van der Waals surface area contributed by atoms with E-state index in [0.717, 1.165) is 17.7 Å². The van der Waals surface area contributed by atoms with E-state index in [1.54, 1.807) is 39.0 Å². The second-order valence-electron chi connectivity index (χ2n) is 16.8. The van der Waals surface area contributed by atoms with E-state index in [4.69, 9.17) is 28.4 Å². The fourth-order valence-electron chi connectivity index (χ4n) is 6.03. The summed E-state index contributed by atoms with van der Waals surface area (Å²) in [6.45, 7) is 11.8. The molecule has 0 aliphatic heterocycles. The number of carboxylic acids is 1. The third-order valence-corrected chi connectivity index (χ3v) is 11.0. The Morgan fingerprint density at radius 3 is 2.14 bits per heavy atom. The van der Waals surface area contributed by atoms with E-state index in [0.29, 0.717) is 11.6 Å². The number of halogens is 1. The molecular formula is C45H55FN4O13Si. The van der Waals surface area contributed by atoms with Crippen LogP contribution >= 0.6 is 0 Å². The largest absolute Gasteiger partial charge is 0.497 e. The molecule has 64 heavy (non-hydrogen) atoms. The standard InChI is InChI=1S/C45H55FN4O13Si/c1-45(2,3)63-44(55)48-36(27-60-26-28-12-10-9-11-13-28)30-15-17-38(59-5)39(24-30)62-33-23-31(22-32(25-33)58-4)40(42(52)53)49-41(51)35(47-43(54)61-18-19-64(6,7)8)20-29-14-16-34(46)37(21-29)50(56)57/h9-17,21-25,35-36,40H,18-20,26-27H2,1-8H3,(H,47,54)(H,48,55)(H,49,51)(H,52,53)/t35-,36+,40+/m1/s1. The number of nitrogens with zero attached hydrogens (tertiary/aromatic N) is 1. The van der Waals surface area contributed by atoms with Crippen molar-refractivity contribution in [2.45, 2.75) is 83.2 Å². The van der Waals surface area contributed by atoms with E-state index in [1.165, 1.54) is 38.5 Å². The zero-order valence-corrected chi connectivity index (χ0v) is 38.0. The van der Waals surface area contributed by atoms with Crippen molar-refractivity contribution >= 4 is 37.8 Å². The van der Waals surface area contributed by atoms with Crippen molar-refractivity contribution in [3.05, 3.63) is 123 Å². The van der Waals surface area contributed by atoms with Gasteiger partial charge in [-0.1, -0.05) is 62.1 Å². The molecule has 4 N–H and O–H groups in total.